The van der Waals surface area contributed by atoms with Crippen LogP contribution in [0.3, 0.4) is 0 Å². The maximum atomic E-state index is 13.1. The molecule has 2 aromatic rings. The summed E-state index contributed by atoms with van der Waals surface area (Å²) in [5, 5.41) is 11.4. The maximum Gasteiger partial charge on any atom is 0.262 e. The number of nitriles is 1. The van der Waals surface area contributed by atoms with Crippen LogP contribution in [0.4, 0.5) is 14.5 Å². The molecule has 1 amide bonds. The van der Waals surface area contributed by atoms with Gasteiger partial charge in [-0.05, 0) is 41.1 Å². The van der Waals surface area contributed by atoms with Crippen LogP contribution in [0.5, 0.6) is 11.5 Å². The molecular formula is C17H13BrF2N2O3. The Morgan fingerprint density at radius 2 is 2.00 bits per heavy atom. The number of benzene rings is 2. The zero-order chi connectivity index (χ0) is 18.4. The van der Waals surface area contributed by atoms with E-state index in [2.05, 4.69) is 21.2 Å². The molecule has 8 heteroatoms. The molecule has 0 aromatic heterocycles. The van der Waals surface area contributed by atoms with E-state index in [-0.39, 0.29) is 18.0 Å². The maximum absolute atomic E-state index is 13.1. The van der Waals surface area contributed by atoms with Gasteiger partial charge in [0.1, 0.15) is 0 Å². The molecule has 0 aliphatic carbocycles. The molecular weight excluding hydrogens is 398 g/mol. The minimum atomic E-state index is -1.06. The second kappa shape index (κ2) is 8.44. The molecule has 0 aliphatic heterocycles. The van der Waals surface area contributed by atoms with Gasteiger partial charge in [-0.1, -0.05) is 0 Å². The summed E-state index contributed by atoms with van der Waals surface area (Å²) in [6.07, 6.45) is 0. The normalized spacial score (nSPS) is 10.0. The SMILES string of the molecule is CCOc1cc(C#N)cc(Br)c1OCC(=O)Nc1ccc(F)c(F)c1. The van der Waals surface area contributed by atoms with Gasteiger partial charge in [0.25, 0.3) is 5.91 Å². The van der Waals surface area contributed by atoms with Crippen LogP contribution in [0.1, 0.15) is 12.5 Å². The van der Waals surface area contributed by atoms with Crippen LogP contribution < -0.4 is 14.8 Å². The Kier molecular flexibility index (Phi) is 6.31. The summed E-state index contributed by atoms with van der Waals surface area (Å²) >= 11 is 3.26. The third-order valence-electron chi connectivity index (χ3n) is 2.99. The van der Waals surface area contributed by atoms with Gasteiger partial charge < -0.3 is 14.8 Å². The van der Waals surface area contributed by atoms with Crippen LogP contribution in [0.15, 0.2) is 34.8 Å². The van der Waals surface area contributed by atoms with Gasteiger partial charge in [-0.3, -0.25) is 4.79 Å². The Balaban J connectivity index is 2.08. The molecule has 0 spiro atoms. The van der Waals surface area contributed by atoms with Crippen molar-refractivity contribution >= 4 is 27.5 Å². The van der Waals surface area contributed by atoms with Crippen molar-refractivity contribution in [2.24, 2.45) is 0 Å². The molecule has 25 heavy (non-hydrogen) atoms. The fourth-order valence-electron chi connectivity index (χ4n) is 1.94. The van der Waals surface area contributed by atoms with Crippen LogP contribution in [0, 0.1) is 23.0 Å². The highest BCUT2D eigenvalue weighted by molar-refractivity contribution is 9.10. The molecule has 2 aromatic carbocycles. The van der Waals surface area contributed by atoms with E-state index in [1.807, 2.05) is 6.07 Å². The lowest BCUT2D eigenvalue weighted by atomic mass is 10.2. The van der Waals surface area contributed by atoms with Gasteiger partial charge in [0.2, 0.25) is 0 Å². The van der Waals surface area contributed by atoms with Gasteiger partial charge in [0.15, 0.2) is 29.7 Å². The Bertz CT molecular complexity index is 837. The summed E-state index contributed by atoms with van der Waals surface area (Å²) < 4.78 is 37.3. The minimum Gasteiger partial charge on any atom is -0.490 e. The topological polar surface area (TPSA) is 71.3 Å². The van der Waals surface area contributed by atoms with Crippen molar-refractivity contribution in [2.45, 2.75) is 6.92 Å². The first kappa shape index (κ1) is 18.7. The van der Waals surface area contributed by atoms with Gasteiger partial charge in [0.05, 0.1) is 22.7 Å². The Morgan fingerprint density at radius 1 is 1.24 bits per heavy atom. The first-order valence-electron chi connectivity index (χ1n) is 7.18. The molecule has 0 aliphatic rings. The smallest absolute Gasteiger partial charge is 0.262 e. The van der Waals surface area contributed by atoms with Gasteiger partial charge in [-0.25, -0.2) is 8.78 Å². The summed E-state index contributed by atoms with van der Waals surface area (Å²) in [6.45, 7) is 1.73. The average Bonchev–Trinajstić information content (AvgIpc) is 2.57. The fourth-order valence-corrected chi connectivity index (χ4v) is 2.50. The Labute approximate surface area is 151 Å². The molecule has 5 nitrogen and oxygen atoms in total. The highest BCUT2D eigenvalue weighted by Crippen LogP contribution is 2.36. The van der Waals surface area contributed by atoms with Crippen molar-refractivity contribution in [3.05, 3.63) is 52.0 Å². The number of hydrogen-bond acceptors (Lipinski definition) is 4. The largest absolute Gasteiger partial charge is 0.490 e. The van der Waals surface area contributed by atoms with Crippen molar-refractivity contribution < 1.29 is 23.0 Å². The molecule has 0 saturated heterocycles. The first-order chi connectivity index (χ1) is 11.9. The molecule has 2 rings (SSSR count). The van der Waals surface area contributed by atoms with E-state index in [9.17, 15) is 13.6 Å². The van der Waals surface area contributed by atoms with Crippen LogP contribution in [0.2, 0.25) is 0 Å². The van der Waals surface area contributed by atoms with Gasteiger partial charge in [-0.2, -0.15) is 5.26 Å². The Morgan fingerprint density at radius 3 is 2.64 bits per heavy atom. The summed E-state index contributed by atoms with van der Waals surface area (Å²) in [6, 6.07) is 8.04. The predicted molar refractivity (Wildman–Crippen MR) is 90.5 cm³/mol. The zero-order valence-corrected chi connectivity index (χ0v) is 14.7. The van der Waals surface area contributed by atoms with E-state index >= 15 is 0 Å². The molecule has 1 N–H and O–H groups in total. The van der Waals surface area contributed by atoms with Gasteiger partial charge in [0, 0.05) is 17.8 Å². The predicted octanol–water partition coefficient (Wildman–Crippen LogP) is 4.02. The number of rotatable bonds is 6. The lowest BCUT2D eigenvalue weighted by Crippen LogP contribution is -2.20. The second-order valence-corrected chi connectivity index (χ2v) is 5.65. The monoisotopic (exact) mass is 410 g/mol. The lowest BCUT2D eigenvalue weighted by molar-refractivity contribution is -0.118. The van der Waals surface area contributed by atoms with Crippen LogP contribution in [0.25, 0.3) is 0 Å². The number of ether oxygens (including phenoxy) is 2. The average molecular weight is 411 g/mol. The van der Waals surface area contributed by atoms with Crippen LogP contribution >= 0.6 is 15.9 Å². The molecule has 0 atom stereocenters. The minimum absolute atomic E-state index is 0.108. The highest BCUT2D eigenvalue weighted by Gasteiger charge is 2.14. The second-order valence-electron chi connectivity index (χ2n) is 4.80. The van der Waals surface area contributed by atoms with Gasteiger partial charge in [-0.15, -0.1) is 0 Å². The third-order valence-corrected chi connectivity index (χ3v) is 3.58. The first-order valence-corrected chi connectivity index (χ1v) is 7.98. The molecule has 0 fully saturated rings. The van der Waals surface area contributed by atoms with E-state index in [1.165, 1.54) is 18.2 Å². The van der Waals surface area contributed by atoms with E-state index in [0.29, 0.717) is 22.4 Å². The number of nitrogens with one attached hydrogen (secondary N) is 1. The third kappa shape index (κ3) is 4.90. The number of carbonyl (C=O) groups is 1. The zero-order valence-electron chi connectivity index (χ0n) is 13.1. The summed E-state index contributed by atoms with van der Waals surface area (Å²) in [4.78, 5) is 11.9. The van der Waals surface area contributed by atoms with Crippen molar-refractivity contribution in [1.29, 1.82) is 5.26 Å². The molecule has 130 valence electrons. The summed E-state index contributed by atoms with van der Waals surface area (Å²) in [5.74, 6) is -2.05. The number of halogens is 3. The molecule has 0 heterocycles. The van der Waals surface area contributed by atoms with Crippen molar-refractivity contribution in [3.63, 3.8) is 0 Å². The lowest BCUT2D eigenvalue weighted by Gasteiger charge is -2.14. The fraction of sp³-hybridized carbons (Fsp3) is 0.176. The van der Waals surface area contributed by atoms with Gasteiger partial charge >= 0.3 is 0 Å². The van der Waals surface area contributed by atoms with E-state index < -0.39 is 17.5 Å². The molecule has 0 unspecified atom stereocenters. The molecule has 0 bridgehead atoms. The number of amides is 1. The summed E-state index contributed by atoms with van der Waals surface area (Å²) in [5.41, 5.74) is 0.477. The number of hydrogen-bond donors (Lipinski definition) is 1. The molecule has 0 saturated carbocycles. The van der Waals surface area contributed by atoms with E-state index in [1.54, 1.807) is 6.92 Å². The van der Waals surface area contributed by atoms with Crippen LogP contribution in [-0.2, 0) is 4.79 Å². The van der Waals surface area contributed by atoms with E-state index in [4.69, 9.17) is 14.7 Å². The highest BCUT2D eigenvalue weighted by atomic mass is 79.9. The standard InChI is InChI=1S/C17H13BrF2N2O3/c1-2-24-15-6-10(8-21)5-12(18)17(15)25-9-16(23)22-11-3-4-13(19)14(20)7-11/h3-7H,2,9H2,1H3,(H,22,23). The number of carbonyl (C=O) groups excluding carboxylic acids is 1. The van der Waals surface area contributed by atoms with Crippen molar-refractivity contribution in [3.8, 4) is 17.6 Å². The summed E-state index contributed by atoms with van der Waals surface area (Å²) in [7, 11) is 0. The molecule has 0 radical (unpaired) electrons. The van der Waals surface area contributed by atoms with Crippen LogP contribution in [-0.4, -0.2) is 19.1 Å². The van der Waals surface area contributed by atoms with E-state index in [0.717, 1.165) is 12.1 Å². The van der Waals surface area contributed by atoms with Crippen molar-refractivity contribution in [1.82, 2.24) is 0 Å². The van der Waals surface area contributed by atoms with Crippen molar-refractivity contribution in [2.75, 3.05) is 18.5 Å². The Hall–Kier alpha value is -2.66. The number of nitrogens with zero attached hydrogens (tertiary/aromatic N) is 1. The number of anilines is 1. The quantitative estimate of drug-likeness (QED) is 0.780.